The highest BCUT2D eigenvalue weighted by Gasteiger charge is 2.21. The molecule has 2 rings (SSSR count). The van der Waals surface area contributed by atoms with Gasteiger partial charge in [0.2, 0.25) is 5.91 Å². The molecule has 3 nitrogen and oxygen atoms in total. The van der Waals surface area contributed by atoms with E-state index in [0.717, 1.165) is 24.3 Å². The third-order valence-corrected chi connectivity index (χ3v) is 2.81. The summed E-state index contributed by atoms with van der Waals surface area (Å²) in [5.74, 6) is 0.147. The van der Waals surface area contributed by atoms with Gasteiger partial charge in [0.15, 0.2) is 0 Å². The fourth-order valence-corrected chi connectivity index (χ4v) is 1.93. The Labute approximate surface area is 90.1 Å². The molecule has 0 aliphatic carbocycles. The molecule has 1 heterocycles. The van der Waals surface area contributed by atoms with Crippen LogP contribution in [0.15, 0.2) is 18.2 Å². The number of carbonyl (C=O) groups excluding carboxylic acids is 1. The summed E-state index contributed by atoms with van der Waals surface area (Å²) in [5, 5.41) is 3.16. The Kier molecular flexibility index (Phi) is 2.62. The summed E-state index contributed by atoms with van der Waals surface area (Å²) in [7, 11) is 0. The topological polar surface area (TPSA) is 32.3 Å². The Morgan fingerprint density at radius 2 is 2.20 bits per heavy atom. The number of aryl methyl sites for hydroxylation is 1. The Balaban J connectivity index is 2.42. The van der Waals surface area contributed by atoms with Crippen molar-refractivity contribution >= 4 is 17.3 Å². The van der Waals surface area contributed by atoms with Crippen molar-refractivity contribution in [1.29, 1.82) is 0 Å². The van der Waals surface area contributed by atoms with Gasteiger partial charge in [0, 0.05) is 6.54 Å². The lowest BCUT2D eigenvalue weighted by Crippen LogP contribution is -2.39. The van der Waals surface area contributed by atoms with Crippen LogP contribution in [0.25, 0.3) is 0 Å². The molecule has 3 heteroatoms. The van der Waals surface area contributed by atoms with Crippen molar-refractivity contribution in [2.75, 3.05) is 23.3 Å². The lowest BCUT2D eigenvalue weighted by atomic mass is 10.1. The average Bonchev–Trinajstić information content (AvgIpc) is 2.28. The molecule has 80 valence electrons. The van der Waals surface area contributed by atoms with E-state index >= 15 is 0 Å². The quantitative estimate of drug-likeness (QED) is 0.799. The zero-order valence-corrected chi connectivity index (χ0v) is 9.21. The highest BCUT2D eigenvalue weighted by atomic mass is 16.2. The number of likely N-dealkylation sites (N-methyl/N-ethyl adjacent to an activating group) is 1. The second-order valence-electron chi connectivity index (χ2n) is 3.70. The number of anilines is 2. The van der Waals surface area contributed by atoms with Crippen LogP contribution in [-0.2, 0) is 11.2 Å². The number of fused-ring (bicyclic) bond motifs is 1. The second kappa shape index (κ2) is 3.93. The maximum absolute atomic E-state index is 11.6. The van der Waals surface area contributed by atoms with Crippen molar-refractivity contribution < 1.29 is 4.79 Å². The first-order chi connectivity index (χ1) is 7.26. The fourth-order valence-electron chi connectivity index (χ4n) is 1.93. The molecular formula is C12H16N2O. The minimum absolute atomic E-state index is 0.147. The van der Waals surface area contributed by atoms with Crippen LogP contribution in [0.1, 0.15) is 19.4 Å². The predicted octanol–water partition coefficient (Wildman–Crippen LogP) is 2.03. The smallest absolute Gasteiger partial charge is 0.246 e. The molecule has 0 fully saturated rings. The minimum Gasteiger partial charge on any atom is -0.374 e. The highest BCUT2D eigenvalue weighted by molar-refractivity contribution is 6.02. The number of hydrogen-bond donors (Lipinski definition) is 1. The van der Waals surface area contributed by atoms with Crippen LogP contribution in [-0.4, -0.2) is 19.0 Å². The largest absolute Gasteiger partial charge is 0.374 e. The van der Waals surface area contributed by atoms with Gasteiger partial charge in [-0.2, -0.15) is 0 Å². The van der Waals surface area contributed by atoms with Gasteiger partial charge >= 0.3 is 0 Å². The zero-order chi connectivity index (χ0) is 10.8. The van der Waals surface area contributed by atoms with Crippen molar-refractivity contribution in [2.45, 2.75) is 20.3 Å². The second-order valence-corrected chi connectivity index (χ2v) is 3.70. The molecule has 0 aromatic heterocycles. The number of nitrogens with zero attached hydrogens (tertiary/aromatic N) is 1. The SMILES string of the molecule is CCc1ccc2c(c1)NCC(=O)N2CC. The Bertz CT molecular complexity index is 387. The number of rotatable bonds is 2. The molecular weight excluding hydrogens is 188 g/mol. The van der Waals surface area contributed by atoms with E-state index in [9.17, 15) is 4.79 Å². The van der Waals surface area contributed by atoms with Crippen molar-refractivity contribution in [3.63, 3.8) is 0 Å². The lowest BCUT2D eigenvalue weighted by molar-refractivity contribution is -0.117. The maximum Gasteiger partial charge on any atom is 0.246 e. The molecule has 0 atom stereocenters. The van der Waals surface area contributed by atoms with E-state index < -0.39 is 0 Å². The van der Waals surface area contributed by atoms with Gasteiger partial charge in [-0.05, 0) is 31.0 Å². The van der Waals surface area contributed by atoms with E-state index in [2.05, 4.69) is 24.4 Å². The molecule has 1 aromatic carbocycles. The molecule has 0 saturated heterocycles. The van der Waals surface area contributed by atoms with Crippen molar-refractivity contribution in [2.24, 2.45) is 0 Å². The van der Waals surface area contributed by atoms with Crippen molar-refractivity contribution in [1.82, 2.24) is 0 Å². The van der Waals surface area contributed by atoms with Gasteiger partial charge in [0.25, 0.3) is 0 Å². The number of benzene rings is 1. The first-order valence-corrected chi connectivity index (χ1v) is 5.43. The van der Waals surface area contributed by atoms with Crippen LogP contribution < -0.4 is 10.2 Å². The fraction of sp³-hybridized carbons (Fsp3) is 0.417. The molecule has 1 N–H and O–H groups in total. The Hall–Kier alpha value is -1.51. The predicted molar refractivity (Wildman–Crippen MR) is 62.3 cm³/mol. The Morgan fingerprint density at radius 3 is 2.87 bits per heavy atom. The van der Waals surface area contributed by atoms with Gasteiger partial charge < -0.3 is 10.2 Å². The lowest BCUT2D eigenvalue weighted by Gasteiger charge is -2.29. The van der Waals surface area contributed by atoms with E-state index in [4.69, 9.17) is 0 Å². The van der Waals surface area contributed by atoms with Gasteiger partial charge in [0.1, 0.15) is 0 Å². The molecule has 1 aliphatic rings. The van der Waals surface area contributed by atoms with Crippen LogP contribution in [0.4, 0.5) is 11.4 Å². The van der Waals surface area contributed by atoms with Gasteiger partial charge in [-0.15, -0.1) is 0 Å². The first-order valence-electron chi connectivity index (χ1n) is 5.43. The standard InChI is InChI=1S/C12H16N2O/c1-3-9-5-6-11-10(7-9)13-8-12(15)14(11)4-2/h5-7,13H,3-4,8H2,1-2H3. The van der Waals surface area contributed by atoms with Gasteiger partial charge in [-0.3, -0.25) is 4.79 Å². The van der Waals surface area contributed by atoms with E-state index in [1.54, 1.807) is 0 Å². The zero-order valence-electron chi connectivity index (χ0n) is 9.21. The van der Waals surface area contributed by atoms with Crippen LogP contribution in [0.5, 0.6) is 0 Å². The summed E-state index contributed by atoms with van der Waals surface area (Å²) in [6.07, 6.45) is 1.02. The highest BCUT2D eigenvalue weighted by Crippen LogP contribution is 2.30. The summed E-state index contributed by atoms with van der Waals surface area (Å²) in [4.78, 5) is 13.4. The summed E-state index contributed by atoms with van der Waals surface area (Å²) in [6, 6.07) is 6.24. The molecule has 0 radical (unpaired) electrons. The minimum atomic E-state index is 0.147. The van der Waals surface area contributed by atoms with Crippen LogP contribution in [0.3, 0.4) is 0 Å². The average molecular weight is 204 g/mol. The molecule has 0 saturated carbocycles. The number of amides is 1. The van der Waals surface area contributed by atoms with Crippen LogP contribution in [0.2, 0.25) is 0 Å². The molecule has 15 heavy (non-hydrogen) atoms. The van der Waals surface area contributed by atoms with Crippen molar-refractivity contribution in [3.05, 3.63) is 23.8 Å². The molecule has 1 aliphatic heterocycles. The van der Waals surface area contributed by atoms with Gasteiger partial charge in [-0.1, -0.05) is 13.0 Å². The van der Waals surface area contributed by atoms with E-state index in [0.29, 0.717) is 6.54 Å². The molecule has 0 unspecified atom stereocenters. The first kappa shape index (κ1) is 10.0. The van der Waals surface area contributed by atoms with E-state index in [-0.39, 0.29) is 5.91 Å². The number of carbonyl (C=O) groups is 1. The normalized spacial score (nSPS) is 14.8. The maximum atomic E-state index is 11.6. The van der Waals surface area contributed by atoms with Crippen LogP contribution in [0, 0.1) is 0 Å². The molecule has 0 spiro atoms. The summed E-state index contributed by atoms with van der Waals surface area (Å²) < 4.78 is 0. The van der Waals surface area contributed by atoms with Crippen LogP contribution >= 0.6 is 0 Å². The summed E-state index contributed by atoms with van der Waals surface area (Å²) >= 11 is 0. The van der Waals surface area contributed by atoms with Gasteiger partial charge in [0.05, 0.1) is 17.9 Å². The number of hydrogen-bond acceptors (Lipinski definition) is 2. The summed E-state index contributed by atoms with van der Waals surface area (Å²) in [6.45, 7) is 5.28. The number of nitrogens with one attached hydrogen (secondary N) is 1. The third kappa shape index (κ3) is 1.69. The third-order valence-electron chi connectivity index (χ3n) is 2.81. The Morgan fingerprint density at radius 1 is 1.40 bits per heavy atom. The summed E-state index contributed by atoms with van der Waals surface area (Å²) in [5.41, 5.74) is 3.38. The molecule has 0 bridgehead atoms. The monoisotopic (exact) mass is 204 g/mol. The van der Waals surface area contributed by atoms with Crippen molar-refractivity contribution in [3.8, 4) is 0 Å². The van der Waals surface area contributed by atoms with E-state index in [1.165, 1.54) is 5.56 Å². The van der Waals surface area contributed by atoms with Gasteiger partial charge in [-0.25, -0.2) is 0 Å². The molecule has 1 amide bonds. The van der Waals surface area contributed by atoms with E-state index in [1.807, 2.05) is 17.9 Å². The molecule has 1 aromatic rings.